The average molecular weight is 375 g/mol. The highest BCUT2D eigenvalue weighted by Gasteiger charge is 2.25. The number of rotatable bonds is 3. The van der Waals surface area contributed by atoms with E-state index in [4.69, 9.17) is 28.5 Å². The first-order valence-electron chi connectivity index (χ1n) is 7.93. The quantitative estimate of drug-likeness (QED) is 0.877. The van der Waals surface area contributed by atoms with Crippen LogP contribution in [0.2, 0.25) is 10.0 Å². The van der Waals surface area contributed by atoms with Gasteiger partial charge in [0.2, 0.25) is 5.91 Å². The lowest BCUT2D eigenvalue weighted by Gasteiger charge is -2.32. The van der Waals surface area contributed by atoms with E-state index in [0.717, 1.165) is 31.7 Å². The van der Waals surface area contributed by atoms with Crippen LogP contribution in [0.25, 0.3) is 0 Å². The van der Waals surface area contributed by atoms with Crippen LogP contribution in [0.3, 0.4) is 0 Å². The van der Waals surface area contributed by atoms with E-state index in [0.29, 0.717) is 21.3 Å². The Morgan fingerprint density at radius 1 is 1.20 bits per heavy atom. The molecule has 5 nitrogen and oxygen atoms in total. The Bertz CT molecular complexity index is 789. The monoisotopic (exact) mass is 374 g/mol. The third kappa shape index (κ3) is 4.41. The number of benzene rings is 1. The average Bonchev–Trinajstić information content (AvgIpc) is 2.61. The second-order valence-corrected chi connectivity index (χ2v) is 6.80. The van der Waals surface area contributed by atoms with Gasteiger partial charge in [-0.05, 0) is 43.2 Å². The predicted octanol–water partition coefficient (Wildman–Crippen LogP) is 4.12. The van der Waals surface area contributed by atoms with Crippen LogP contribution in [0.4, 0.5) is 11.5 Å². The zero-order valence-electron chi connectivity index (χ0n) is 13.4. The van der Waals surface area contributed by atoms with Gasteiger partial charge in [0.25, 0.3) is 0 Å². The molecule has 1 aliphatic heterocycles. The highest BCUT2D eigenvalue weighted by molar-refractivity contribution is 6.35. The molecular weight excluding hydrogens is 359 g/mol. The summed E-state index contributed by atoms with van der Waals surface area (Å²) in [5.41, 5.74) is 1.15. The second-order valence-electron chi connectivity index (χ2n) is 5.93. The zero-order valence-corrected chi connectivity index (χ0v) is 14.9. The summed E-state index contributed by atoms with van der Waals surface area (Å²) in [6, 6.07) is 10.6. The summed E-state index contributed by atoms with van der Waals surface area (Å²) >= 11 is 11.9. The number of hydrogen-bond acceptors (Lipinski definition) is 4. The maximum absolute atomic E-state index is 12.4. The van der Waals surface area contributed by atoms with Crippen LogP contribution >= 0.6 is 23.2 Å². The van der Waals surface area contributed by atoms with Gasteiger partial charge in [0, 0.05) is 40.9 Å². The molecule has 3 rings (SSSR count). The summed E-state index contributed by atoms with van der Waals surface area (Å²) in [6.45, 7) is 1.49. The van der Waals surface area contributed by atoms with Gasteiger partial charge in [-0.1, -0.05) is 23.2 Å². The summed E-state index contributed by atoms with van der Waals surface area (Å²) in [5.74, 6) is 0.748. The van der Waals surface area contributed by atoms with Gasteiger partial charge in [0.05, 0.1) is 5.56 Å². The fourth-order valence-electron chi connectivity index (χ4n) is 2.88. The Labute approximate surface area is 156 Å². The first-order chi connectivity index (χ1) is 12.0. The molecule has 1 amide bonds. The number of halogens is 2. The molecular formula is C18H16Cl2N4O. The Kier molecular flexibility index (Phi) is 5.42. The smallest absolute Gasteiger partial charge is 0.227 e. The standard InChI is InChI=1S/C18H16Cl2N4O/c19-14-7-15(20)9-16(8-14)23-18(25)13-3-5-24(6-4-13)17-2-1-12(10-21)11-22-17/h1-2,7-9,11,13H,3-6H2,(H,23,25). The minimum Gasteiger partial charge on any atom is -0.357 e. The van der Waals surface area contributed by atoms with Crippen molar-refractivity contribution in [2.24, 2.45) is 5.92 Å². The van der Waals surface area contributed by atoms with Crippen LogP contribution in [0.5, 0.6) is 0 Å². The molecule has 0 spiro atoms. The molecule has 0 saturated carbocycles. The van der Waals surface area contributed by atoms with E-state index < -0.39 is 0 Å². The molecule has 1 fully saturated rings. The van der Waals surface area contributed by atoms with Gasteiger partial charge in [-0.25, -0.2) is 4.98 Å². The topological polar surface area (TPSA) is 69.0 Å². The van der Waals surface area contributed by atoms with Gasteiger partial charge in [-0.15, -0.1) is 0 Å². The summed E-state index contributed by atoms with van der Waals surface area (Å²) in [4.78, 5) is 18.9. The number of carbonyl (C=O) groups excluding carboxylic acids is 1. The van der Waals surface area contributed by atoms with Crippen LogP contribution < -0.4 is 10.2 Å². The third-order valence-corrected chi connectivity index (χ3v) is 4.63. The van der Waals surface area contributed by atoms with Gasteiger partial charge >= 0.3 is 0 Å². The normalized spacial score (nSPS) is 14.8. The summed E-state index contributed by atoms with van der Waals surface area (Å²) in [6.07, 6.45) is 3.04. The summed E-state index contributed by atoms with van der Waals surface area (Å²) in [5, 5.41) is 12.7. The number of piperidine rings is 1. The molecule has 1 N–H and O–H groups in total. The minimum atomic E-state index is -0.0626. The number of nitrogens with one attached hydrogen (secondary N) is 1. The molecule has 1 aliphatic rings. The lowest BCUT2D eigenvalue weighted by molar-refractivity contribution is -0.120. The number of anilines is 2. The lowest BCUT2D eigenvalue weighted by atomic mass is 9.95. The Hall–Kier alpha value is -2.29. The summed E-state index contributed by atoms with van der Waals surface area (Å²) < 4.78 is 0. The Balaban J connectivity index is 1.57. The van der Waals surface area contributed by atoms with Crippen LogP contribution in [0.1, 0.15) is 18.4 Å². The van der Waals surface area contributed by atoms with E-state index in [-0.39, 0.29) is 11.8 Å². The van der Waals surface area contributed by atoms with Crippen molar-refractivity contribution in [2.45, 2.75) is 12.8 Å². The van der Waals surface area contributed by atoms with Gasteiger partial charge in [-0.2, -0.15) is 5.26 Å². The molecule has 0 radical (unpaired) electrons. The predicted molar refractivity (Wildman–Crippen MR) is 99.0 cm³/mol. The largest absolute Gasteiger partial charge is 0.357 e. The van der Waals surface area contributed by atoms with Crippen molar-refractivity contribution in [3.05, 3.63) is 52.1 Å². The van der Waals surface area contributed by atoms with Crippen molar-refractivity contribution >= 4 is 40.6 Å². The fourth-order valence-corrected chi connectivity index (χ4v) is 3.41. The first kappa shape index (κ1) is 17.5. The van der Waals surface area contributed by atoms with Crippen LogP contribution in [-0.4, -0.2) is 24.0 Å². The van der Waals surface area contributed by atoms with Crippen molar-refractivity contribution in [3.63, 3.8) is 0 Å². The second kappa shape index (κ2) is 7.73. The van der Waals surface area contributed by atoms with E-state index in [2.05, 4.69) is 21.3 Å². The molecule has 1 aromatic heterocycles. The molecule has 0 atom stereocenters. The van der Waals surface area contributed by atoms with Gasteiger partial charge in [0.1, 0.15) is 11.9 Å². The van der Waals surface area contributed by atoms with Crippen molar-refractivity contribution in [2.75, 3.05) is 23.3 Å². The molecule has 1 aromatic carbocycles. The zero-order chi connectivity index (χ0) is 17.8. The van der Waals surface area contributed by atoms with Crippen molar-refractivity contribution in [1.29, 1.82) is 5.26 Å². The number of nitriles is 1. The molecule has 2 aromatic rings. The molecule has 0 aliphatic carbocycles. The number of pyridine rings is 1. The molecule has 25 heavy (non-hydrogen) atoms. The molecule has 1 saturated heterocycles. The van der Waals surface area contributed by atoms with Crippen LogP contribution in [-0.2, 0) is 4.79 Å². The maximum Gasteiger partial charge on any atom is 0.227 e. The van der Waals surface area contributed by atoms with E-state index in [1.165, 1.54) is 0 Å². The fraction of sp³-hybridized carbons (Fsp3) is 0.278. The van der Waals surface area contributed by atoms with E-state index in [9.17, 15) is 4.79 Å². The molecule has 2 heterocycles. The third-order valence-electron chi connectivity index (χ3n) is 4.20. The van der Waals surface area contributed by atoms with Gasteiger partial charge in [0.15, 0.2) is 0 Å². The molecule has 0 unspecified atom stereocenters. The highest BCUT2D eigenvalue weighted by Crippen LogP contribution is 2.26. The SMILES string of the molecule is N#Cc1ccc(N2CCC(C(=O)Nc3cc(Cl)cc(Cl)c3)CC2)nc1. The minimum absolute atomic E-state index is 0.0224. The number of amides is 1. The highest BCUT2D eigenvalue weighted by atomic mass is 35.5. The van der Waals surface area contributed by atoms with Gasteiger partial charge in [-0.3, -0.25) is 4.79 Å². The lowest BCUT2D eigenvalue weighted by Crippen LogP contribution is -2.38. The number of carbonyl (C=O) groups is 1. The van der Waals surface area contributed by atoms with Crippen LogP contribution in [0.15, 0.2) is 36.5 Å². The van der Waals surface area contributed by atoms with Crippen LogP contribution in [0, 0.1) is 17.2 Å². The number of nitrogens with zero attached hydrogens (tertiary/aromatic N) is 3. The van der Waals surface area contributed by atoms with Crippen molar-refractivity contribution in [3.8, 4) is 6.07 Å². The number of aromatic nitrogens is 1. The van der Waals surface area contributed by atoms with E-state index in [1.54, 1.807) is 30.5 Å². The molecule has 128 valence electrons. The van der Waals surface area contributed by atoms with E-state index in [1.807, 2.05) is 6.07 Å². The Morgan fingerprint density at radius 3 is 2.44 bits per heavy atom. The Morgan fingerprint density at radius 2 is 1.88 bits per heavy atom. The first-order valence-corrected chi connectivity index (χ1v) is 8.69. The molecule has 0 bridgehead atoms. The molecule has 7 heteroatoms. The van der Waals surface area contributed by atoms with Gasteiger partial charge < -0.3 is 10.2 Å². The maximum atomic E-state index is 12.4. The van der Waals surface area contributed by atoms with Crippen molar-refractivity contribution < 1.29 is 4.79 Å². The summed E-state index contributed by atoms with van der Waals surface area (Å²) in [7, 11) is 0. The van der Waals surface area contributed by atoms with E-state index >= 15 is 0 Å². The number of hydrogen-bond donors (Lipinski definition) is 1. The van der Waals surface area contributed by atoms with Crippen molar-refractivity contribution in [1.82, 2.24) is 4.98 Å².